The third-order valence-electron chi connectivity index (χ3n) is 3.85. The molecule has 0 atom stereocenters. The Balaban J connectivity index is 2.00. The van der Waals surface area contributed by atoms with Gasteiger partial charge in [0.2, 0.25) is 0 Å². The molecule has 1 aromatic rings. The molecular formula is C13H23N3O. The molecule has 1 heterocycles. The molecule has 17 heavy (non-hydrogen) atoms. The van der Waals surface area contributed by atoms with E-state index in [2.05, 4.69) is 37.8 Å². The Bertz CT molecular complexity index is 378. The maximum Gasteiger partial charge on any atom is 0.138 e. The predicted molar refractivity (Wildman–Crippen MR) is 66.6 cm³/mol. The summed E-state index contributed by atoms with van der Waals surface area (Å²) >= 11 is 0. The van der Waals surface area contributed by atoms with Crippen molar-refractivity contribution in [3.8, 4) is 0 Å². The third kappa shape index (κ3) is 2.51. The average molecular weight is 237 g/mol. The summed E-state index contributed by atoms with van der Waals surface area (Å²) in [4.78, 5) is 4.27. The van der Waals surface area contributed by atoms with Gasteiger partial charge in [0.1, 0.15) is 12.2 Å². The highest BCUT2D eigenvalue weighted by atomic mass is 16.3. The summed E-state index contributed by atoms with van der Waals surface area (Å²) in [6.07, 6.45) is 4.01. The van der Waals surface area contributed by atoms with E-state index in [9.17, 15) is 5.11 Å². The Labute approximate surface area is 103 Å². The van der Waals surface area contributed by atoms with Gasteiger partial charge < -0.3 is 5.11 Å². The molecule has 4 heteroatoms. The molecular weight excluding hydrogens is 214 g/mol. The lowest BCUT2D eigenvalue weighted by molar-refractivity contribution is -0.0878. The van der Waals surface area contributed by atoms with Crippen molar-refractivity contribution in [1.29, 1.82) is 0 Å². The Kier molecular flexibility index (Phi) is 3.25. The van der Waals surface area contributed by atoms with Crippen LogP contribution in [0.5, 0.6) is 0 Å². The van der Waals surface area contributed by atoms with Crippen LogP contribution in [0.3, 0.4) is 0 Å². The zero-order valence-electron chi connectivity index (χ0n) is 11.2. The molecule has 4 nitrogen and oxygen atoms in total. The van der Waals surface area contributed by atoms with Crippen LogP contribution in [-0.2, 0) is 6.42 Å². The molecule has 0 aliphatic heterocycles. The van der Waals surface area contributed by atoms with Crippen molar-refractivity contribution in [2.45, 2.75) is 58.6 Å². The molecule has 1 saturated carbocycles. The first kappa shape index (κ1) is 12.6. The molecule has 0 spiro atoms. The van der Waals surface area contributed by atoms with Crippen LogP contribution in [0.25, 0.3) is 0 Å². The van der Waals surface area contributed by atoms with E-state index >= 15 is 0 Å². The second-order valence-electron chi connectivity index (χ2n) is 6.03. The fourth-order valence-corrected chi connectivity index (χ4v) is 2.66. The van der Waals surface area contributed by atoms with Crippen LogP contribution in [0.1, 0.15) is 52.4 Å². The SMILES string of the molecule is CC(C)C1CC(O)(Cc2ncnn2C(C)C)C1. The van der Waals surface area contributed by atoms with E-state index in [0.717, 1.165) is 18.7 Å². The zero-order valence-corrected chi connectivity index (χ0v) is 11.2. The predicted octanol–water partition coefficient (Wildman–Crippen LogP) is 2.20. The third-order valence-corrected chi connectivity index (χ3v) is 3.85. The van der Waals surface area contributed by atoms with Crippen LogP contribution in [0.15, 0.2) is 6.33 Å². The highest BCUT2D eigenvalue weighted by Gasteiger charge is 2.44. The van der Waals surface area contributed by atoms with Gasteiger partial charge in [-0.05, 0) is 38.5 Å². The molecule has 0 bridgehead atoms. The molecule has 0 amide bonds. The van der Waals surface area contributed by atoms with Crippen molar-refractivity contribution in [3.63, 3.8) is 0 Å². The lowest BCUT2D eigenvalue weighted by Crippen LogP contribution is -2.48. The normalized spacial score (nSPS) is 28.8. The van der Waals surface area contributed by atoms with Crippen molar-refractivity contribution in [2.24, 2.45) is 11.8 Å². The smallest absolute Gasteiger partial charge is 0.138 e. The lowest BCUT2D eigenvalue weighted by atomic mass is 9.65. The molecule has 1 aromatic heterocycles. The summed E-state index contributed by atoms with van der Waals surface area (Å²) in [6.45, 7) is 8.61. The number of hydrogen-bond donors (Lipinski definition) is 1. The number of hydrogen-bond acceptors (Lipinski definition) is 3. The first-order valence-corrected chi connectivity index (χ1v) is 6.52. The Morgan fingerprint density at radius 2 is 2.06 bits per heavy atom. The number of nitrogens with zero attached hydrogens (tertiary/aromatic N) is 3. The number of aliphatic hydroxyl groups is 1. The average Bonchev–Trinajstić information content (AvgIpc) is 2.61. The fourth-order valence-electron chi connectivity index (χ4n) is 2.66. The number of rotatable bonds is 4. The van der Waals surface area contributed by atoms with Crippen LogP contribution < -0.4 is 0 Å². The molecule has 1 aliphatic carbocycles. The van der Waals surface area contributed by atoms with Crippen LogP contribution in [0.4, 0.5) is 0 Å². The summed E-state index contributed by atoms with van der Waals surface area (Å²) in [6, 6.07) is 0.303. The van der Waals surface area contributed by atoms with E-state index < -0.39 is 5.60 Å². The van der Waals surface area contributed by atoms with Gasteiger partial charge in [0, 0.05) is 12.5 Å². The number of aromatic nitrogens is 3. The van der Waals surface area contributed by atoms with Crippen molar-refractivity contribution in [2.75, 3.05) is 0 Å². The Hall–Kier alpha value is -0.900. The van der Waals surface area contributed by atoms with E-state index in [1.807, 2.05) is 4.68 Å². The maximum absolute atomic E-state index is 10.4. The molecule has 96 valence electrons. The molecule has 0 saturated heterocycles. The molecule has 1 aliphatic rings. The molecule has 1 N–H and O–H groups in total. The van der Waals surface area contributed by atoms with Gasteiger partial charge in [-0.1, -0.05) is 13.8 Å². The minimum absolute atomic E-state index is 0.303. The van der Waals surface area contributed by atoms with Gasteiger partial charge >= 0.3 is 0 Å². The van der Waals surface area contributed by atoms with Crippen molar-refractivity contribution in [1.82, 2.24) is 14.8 Å². The molecule has 1 fully saturated rings. The maximum atomic E-state index is 10.4. The second kappa shape index (κ2) is 4.41. The summed E-state index contributed by atoms with van der Waals surface area (Å²) < 4.78 is 1.90. The van der Waals surface area contributed by atoms with Gasteiger partial charge in [0.25, 0.3) is 0 Å². The highest BCUT2D eigenvalue weighted by molar-refractivity contribution is 5.03. The highest BCUT2D eigenvalue weighted by Crippen LogP contribution is 2.43. The summed E-state index contributed by atoms with van der Waals surface area (Å²) in [5, 5.41) is 14.6. The van der Waals surface area contributed by atoms with Crippen LogP contribution >= 0.6 is 0 Å². The van der Waals surface area contributed by atoms with Gasteiger partial charge in [0.05, 0.1) is 5.60 Å². The van der Waals surface area contributed by atoms with Crippen LogP contribution in [0, 0.1) is 11.8 Å². The van der Waals surface area contributed by atoms with E-state index in [1.165, 1.54) is 0 Å². The van der Waals surface area contributed by atoms with Crippen molar-refractivity contribution < 1.29 is 5.11 Å². The van der Waals surface area contributed by atoms with Crippen molar-refractivity contribution >= 4 is 0 Å². The van der Waals surface area contributed by atoms with Crippen LogP contribution in [0.2, 0.25) is 0 Å². The molecule has 0 aromatic carbocycles. The molecule has 0 radical (unpaired) electrons. The Morgan fingerprint density at radius 3 is 2.59 bits per heavy atom. The zero-order chi connectivity index (χ0) is 12.6. The first-order chi connectivity index (χ1) is 7.91. The Morgan fingerprint density at radius 1 is 1.41 bits per heavy atom. The van der Waals surface area contributed by atoms with Gasteiger partial charge in [-0.3, -0.25) is 0 Å². The topological polar surface area (TPSA) is 50.9 Å². The van der Waals surface area contributed by atoms with Crippen LogP contribution in [-0.4, -0.2) is 25.5 Å². The monoisotopic (exact) mass is 237 g/mol. The van der Waals surface area contributed by atoms with Gasteiger partial charge in [-0.15, -0.1) is 0 Å². The van der Waals surface area contributed by atoms with Gasteiger partial charge in [0.15, 0.2) is 0 Å². The summed E-state index contributed by atoms with van der Waals surface area (Å²) in [5.41, 5.74) is -0.547. The molecule has 0 unspecified atom stereocenters. The fraction of sp³-hybridized carbons (Fsp3) is 0.846. The minimum Gasteiger partial charge on any atom is -0.389 e. The standard InChI is InChI=1S/C13H23N3O/c1-9(2)11-5-13(17,6-11)7-12-14-8-15-16(12)10(3)4/h8-11,17H,5-7H2,1-4H3. The second-order valence-corrected chi connectivity index (χ2v) is 6.03. The largest absolute Gasteiger partial charge is 0.389 e. The van der Waals surface area contributed by atoms with E-state index in [4.69, 9.17) is 0 Å². The minimum atomic E-state index is -0.547. The summed E-state index contributed by atoms with van der Waals surface area (Å²) in [7, 11) is 0. The van der Waals surface area contributed by atoms with Crippen molar-refractivity contribution in [3.05, 3.63) is 12.2 Å². The van der Waals surface area contributed by atoms with Gasteiger partial charge in [-0.25, -0.2) is 9.67 Å². The summed E-state index contributed by atoms with van der Waals surface area (Å²) in [5.74, 6) is 2.23. The molecule has 2 rings (SSSR count). The van der Waals surface area contributed by atoms with E-state index in [0.29, 0.717) is 24.3 Å². The van der Waals surface area contributed by atoms with E-state index in [1.54, 1.807) is 6.33 Å². The van der Waals surface area contributed by atoms with Gasteiger partial charge in [-0.2, -0.15) is 5.10 Å². The van der Waals surface area contributed by atoms with E-state index in [-0.39, 0.29) is 0 Å². The first-order valence-electron chi connectivity index (χ1n) is 6.52. The quantitative estimate of drug-likeness (QED) is 0.873. The lowest BCUT2D eigenvalue weighted by Gasteiger charge is -2.45.